The first-order valence-corrected chi connectivity index (χ1v) is 12.3. The molecule has 8 atom stereocenters. The predicted molar refractivity (Wildman–Crippen MR) is 116 cm³/mol. The quantitative estimate of drug-likeness (QED) is 0.640. The van der Waals surface area contributed by atoms with E-state index in [4.69, 9.17) is 5.11 Å². The molecule has 30 heavy (non-hydrogen) atoms. The summed E-state index contributed by atoms with van der Waals surface area (Å²) in [7, 11) is 0. The van der Waals surface area contributed by atoms with E-state index in [2.05, 4.69) is 27.7 Å². The standard InChI is InChI=1S/C26H40O4/c1-16(5-8-23(29)30)20-6-7-21-19-13-18(28)15-24(2)14-17(27)9-12-26(24,4)22(19)10-11-25(20,21)3/h16,19-22H,5-15H2,1-4H3,(H,29,30)/t16-,19-,20-,21+,22+,24+,25-,26-/m1/s1. The number of fused-ring (bicyclic) bond motifs is 5. The van der Waals surface area contributed by atoms with Crippen LogP contribution in [-0.2, 0) is 14.4 Å². The third-order valence-electron chi connectivity index (χ3n) is 10.8. The number of ketones is 2. The third kappa shape index (κ3) is 3.28. The molecule has 1 N–H and O–H groups in total. The molecule has 4 nitrogen and oxygen atoms in total. The molecular formula is C26H40O4. The number of hydrogen-bond acceptors (Lipinski definition) is 3. The van der Waals surface area contributed by atoms with Crippen molar-refractivity contribution in [2.45, 2.75) is 98.3 Å². The fourth-order valence-corrected chi connectivity index (χ4v) is 8.98. The van der Waals surface area contributed by atoms with Crippen molar-refractivity contribution in [3.63, 3.8) is 0 Å². The molecule has 0 aromatic heterocycles. The Morgan fingerprint density at radius 3 is 2.43 bits per heavy atom. The van der Waals surface area contributed by atoms with Crippen molar-refractivity contribution in [1.29, 1.82) is 0 Å². The summed E-state index contributed by atoms with van der Waals surface area (Å²) >= 11 is 0. The number of rotatable bonds is 4. The first kappa shape index (κ1) is 22.0. The minimum absolute atomic E-state index is 0.0755. The second-order valence-electron chi connectivity index (χ2n) is 12.1. The second-order valence-corrected chi connectivity index (χ2v) is 12.1. The maximum atomic E-state index is 13.2. The van der Waals surface area contributed by atoms with Crippen molar-refractivity contribution in [2.75, 3.05) is 0 Å². The van der Waals surface area contributed by atoms with Crippen molar-refractivity contribution in [1.82, 2.24) is 0 Å². The summed E-state index contributed by atoms with van der Waals surface area (Å²) in [6.07, 6.45) is 9.19. The van der Waals surface area contributed by atoms with E-state index in [0.717, 1.165) is 19.3 Å². The average Bonchev–Trinajstić information content (AvgIpc) is 2.96. The van der Waals surface area contributed by atoms with Gasteiger partial charge in [-0.25, -0.2) is 0 Å². The highest BCUT2D eigenvalue weighted by atomic mass is 16.4. The van der Waals surface area contributed by atoms with Crippen LogP contribution in [0.2, 0.25) is 0 Å². The number of carboxylic acid groups (broad SMARTS) is 1. The van der Waals surface area contributed by atoms with Crippen molar-refractivity contribution >= 4 is 17.5 Å². The lowest BCUT2D eigenvalue weighted by Crippen LogP contribution is -2.53. The van der Waals surface area contributed by atoms with Gasteiger partial charge in [-0.3, -0.25) is 14.4 Å². The molecule has 4 heteroatoms. The highest BCUT2D eigenvalue weighted by Crippen LogP contribution is 2.69. The molecule has 0 saturated heterocycles. The van der Waals surface area contributed by atoms with Crippen LogP contribution in [0.25, 0.3) is 0 Å². The minimum atomic E-state index is -0.696. The molecule has 0 radical (unpaired) electrons. The summed E-state index contributed by atoms with van der Waals surface area (Å²) in [6.45, 7) is 9.32. The van der Waals surface area contributed by atoms with Crippen molar-refractivity contribution in [3.05, 3.63) is 0 Å². The highest BCUT2D eigenvalue weighted by Gasteiger charge is 2.63. The molecule has 4 rings (SSSR count). The smallest absolute Gasteiger partial charge is 0.303 e. The maximum absolute atomic E-state index is 13.2. The van der Waals surface area contributed by atoms with E-state index in [1.54, 1.807) is 0 Å². The molecule has 4 fully saturated rings. The van der Waals surface area contributed by atoms with Crippen LogP contribution in [0.1, 0.15) is 98.3 Å². The van der Waals surface area contributed by atoms with Crippen molar-refractivity contribution in [2.24, 2.45) is 45.8 Å². The lowest BCUT2D eigenvalue weighted by Gasteiger charge is -2.59. The minimum Gasteiger partial charge on any atom is -0.481 e. The Morgan fingerprint density at radius 2 is 1.73 bits per heavy atom. The molecular weight excluding hydrogens is 376 g/mol. The third-order valence-corrected chi connectivity index (χ3v) is 10.8. The molecule has 0 aliphatic heterocycles. The summed E-state index contributed by atoms with van der Waals surface area (Å²) < 4.78 is 0. The molecule has 0 aromatic rings. The van der Waals surface area contributed by atoms with Gasteiger partial charge in [-0.2, -0.15) is 0 Å². The summed E-state index contributed by atoms with van der Waals surface area (Å²) in [5.74, 6) is 2.54. The first-order chi connectivity index (χ1) is 14.0. The fourth-order valence-electron chi connectivity index (χ4n) is 8.98. The molecule has 168 valence electrons. The van der Waals surface area contributed by atoms with E-state index in [0.29, 0.717) is 66.8 Å². The van der Waals surface area contributed by atoms with E-state index in [1.165, 1.54) is 19.3 Å². The van der Waals surface area contributed by atoms with Gasteiger partial charge in [0.1, 0.15) is 11.6 Å². The van der Waals surface area contributed by atoms with Crippen LogP contribution in [0.4, 0.5) is 0 Å². The SMILES string of the molecule is C[C@H](CCC(=O)O)[C@H]1CC[C@H]2[C@H]3CC(=O)C[C@]4(C)CC(=O)CC[C@]4(C)[C@H]3CC[C@]12C. The van der Waals surface area contributed by atoms with Crippen LogP contribution in [0.5, 0.6) is 0 Å². The van der Waals surface area contributed by atoms with Crippen molar-refractivity contribution in [3.8, 4) is 0 Å². The van der Waals surface area contributed by atoms with Crippen LogP contribution in [0.3, 0.4) is 0 Å². The lowest BCUT2D eigenvalue weighted by molar-refractivity contribution is -0.141. The van der Waals surface area contributed by atoms with Gasteiger partial charge in [0.2, 0.25) is 0 Å². The van der Waals surface area contributed by atoms with E-state index >= 15 is 0 Å². The van der Waals surface area contributed by atoms with E-state index in [-0.39, 0.29) is 22.7 Å². The number of Topliss-reactive ketones (excluding diaryl/α,β-unsaturated/α-hetero) is 2. The Bertz CT molecular complexity index is 743. The molecule has 4 aliphatic rings. The Morgan fingerprint density at radius 1 is 1.03 bits per heavy atom. The molecule has 0 unspecified atom stereocenters. The van der Waals surface area contributed by atoms with E-state index in [1.807, 2.05) is 0 Å². The largest absolute Gasteiger partial charge is 0.481 e. The zero-order valence-corrected chi connectivity index (χ0v) is 19.3. The Labute approximate surface area is 181 Å². The van der Waals surface area contributed by atoms with Gasteiger partial charge in [-0.05, 0) is 84.4 Å². The zero-order chi connectivity index (χ0) is 21.9. The second kappa shape index (κ2) is 7.45. The topological polar surface area (TPSA) is 71.4 Å². The summed E-state index contributed by atoms with van der Waals surface area (Å²) in [5, 5.41) is 9.14. The molecule has 4 aliphatic carbocycles. The summed E-state index contributed by atoms with van der Waals surface area (Å²) in [6, 6.07) is 0. The Hall–Kier alpha value is -1.19. The molecule has 0 bridgehead atoms. The first-order valence-electron chi connectivity index (χ1n) is 12.3. The van der Waals surface area contributed by atoms with Crippen LogP contribution in [-0.4, -0.2) is 22.6 Å². The van der Waals surface area contributed by atoms with Gasteiger partial charge in [0.15, 0.2) is 0 Å². The van der Waals surface area contributed by atoms with Gasteiger partial charge in [0.05, 0.1) is 0 Å². The molecule has 0 amide bonds. The van der Waals surface area contributed by atoms with E-state index < -0.39 is 5.97 Å². The van der Waals surface area contributed by atoms with Gasteiger partial charge >= 0.3 is 5.97 Å². The molecule has 4 saturated carbocycles. The number of carbonyl (C=O) groups is 3. The van der Waals surface area contributed by atoms with Crippen LogP contribution in [0, 0.1) is 45.8 Å². The van der Waals surface area contributed by atoms with Crippen LogP contribution >= 0.6 is 0 Å². The molecule has 0 heterocycles. The molecule has 0 spiro atoms. The lowest BCUT2D eigenvalue weighted by atomic mass is 9.45. The number of carboxylic acids is 1. The van der Waals surface area contributed by atoms with Gasteiger partial charge in [0.25, 0.3) is 0 Å². The summed E-state index contributed by atoms with van der Waals surface area (Å²) in [5.41, 5.74) is 0.117. The van der Waals surface area contributed by atoms with Gasteiger partial charge in [-0.1, -0.05) is 27.7 Å². The predicted octanol–water partition coefficient (Wildman–Crippen LogP) is 5.67. The normalized spacial score (nSPS) is 47.1. The van der Waals surface area contributed by atoms with Gasteiger partial charge in [0, 0.05) is 32.1 Å². The van der Waals surface area contributed by atoms with Crippen molar-refractivity contribution < 1.29 is 19.5 Å². The zero-order valence-electron chi connectivity index (χ0n) is 19.3. The number of aliphatic carboxylic acids is 1. The average molecular weight is 417 g/mol. The maximum Gasteiger partial charge on any atom is 0.303 e. The van der Waals surface area contributed by atoms with Crippen LogP contribution in [0.15, 0.2) is 0 Å². The number of carbonyl (C=O) groups excluding carboxylic acids is 2. The number of hydrogen-bond donors (Lipinski definition) is 1. The fraction of sp³-hybridized carbons (Fsp3) is 0.885. The van der Waals surface area contributed by atoms with E-state index in [9.17, 15) is 14.4 Å². The van der Waals surface area contributed by atoms with Gasteiger partial charge in [-0.15, -0.1) is 0 Å². The van der Waals surface area contributed by atoms with Crippen LogP contribution < -0.4 is 0 Å². The Balaban J connectivity index is 1.63. The monoisotopic (exact) mass is 416 g/mol. The molecule has 0 aromatic carbocycles. The summed E-state index contributed by atoms with van der Waals surface area (Å²) in [4.78, 5) is 36.6. The van der Waals surface area contributed by atoms with Gasteiger partial charge < -0.3 is 5.11 Å². The highest BCUT2D eigenvalue weighted by molar-refractivity contribution is 5.84. The Kier molecular flexibility index (Phi) is 5.47.